The van der Waals surface area contributed by atoms with E-state index >= 15 is 0 Å². The Morgan fingerprint density at radius 2 is 1.15 bits per heavy atom. The lowest BCUT2D eigenvalue weighted by Gasteiger charge is -2.10. The van der Waals surface area contributed by atoms with Gasteiger partial charge in [0.25, 0.3) is 0 Å². The van der Waals surface area contributed by atoms with Crippen molar-refractivity contribution < 1.29 is 0 Å². The lowest BCUT2D eigenvalue weighted by molar-refractivity contribution is 1.27. The SMILES string of the molecule is c1ccc2ncc(-c3ccc(-c4nc5ccccc5n5c4cc4ccccc45)cc3)cc2c1. The second-order valence-corrected chi connectivity index (χ2v) is 8.37. The van der Waals surface area contributed by atoms with E-state index < -0.39 is 0 Å². The maximum absolute atomic E-state index is 5.08. The molecule has 7 aromatic rings. The second-order valence-electron chi connectivity index (χ2n) is 8.37. The molecule has 0 N–H and O–H groups in total. The molecule has 0 atom stereocenters. The molecule has 0 aliphatic carbocycles. The van der Waals surface area contributed by atoms with Crippen LogP contribution in [-0.2, 0) is 0 Å². The van der Waals surface area contributed by atoms with Crippen molar-refractivity contribution >= 4 is 38.4 Å². The van der Waals surface area contributed by atoms with Gasteiger partial charge in [0.05, 0.1) is 33.3 Å². The van der Waals surface area contributed by atoms with E-state index in [4.69, 9.17) is 4.98 Å². The lowest BCUT2D eigenvalue weighted by Crippen LogP contribution is -1.95. The third-order valence-corrected chi connectivity index (χ3v) is 6.39. The number of para-hydroxylation sites is 4. The third kappa shape index (κ3) is 2.83. The maximum atomic E-state index is 5.08. The van der Waals surface area contributed by atoms with Gasteiger partial charge in [-0.15, -0.1) is 0 Å². The van der Waals surface area contributed by atoms with Crippen LogP contribution in [0.2, 0.25) is 0 Å². The molecule has 0 unspecified atom stereocenters. The molecule has 3 aromatic heterocycles. The van der Waals surface area contributed by atoms with Gasteiger partial charge in [-0.2, -0.15) is 0 Å². The van der Waals surface area contributed by atoms with Crippen LogP contribution in [0.1, 0.15) is 0 Å². The first kappa shape index (κ1) is 18.1. The van der Waals surface area contributed by atoms with E-state index in [1.165, 1.54) is 10.9 Å². The van der Waals surface area contributed by atoms with Gasteiger partial charge in [0.2, 0.25) is 0 Å². The molecule has 4 aromatic carbocycles. The van der Waals surface area contributed by atoms with Crippen LogP contribution < -0.4 is 0 Å². The standard InChI is InChI=1S/C30H19N3/c1-3-9-25-22(7-1)17-24(19-31-25)20-13-15-21(16-14-20)30-29-18-23-8-2-5-11-27(23)33(29)28-12-6-4-10-26(28)32-30/h1-19H. The second kappa shape index (κ2) is 7.01. The van der Waals surface area contributed by atoms with Crippen LogP contribution in [0.5, 0.6) is 0 Å². The molecule has 3 nitrogen and oxygen atoms in total. The smallest absolute Gasteiger partial charge is 0.0950 e. The lowest BCUT2D eigenvalue weighted by atomic mass is 10.0. The van der Waals surface area contributed by atoms with E-state index in [9.17, 15) is 0 Å². The van der Waals surface area contributed by atoms with Crippen molar-refractivity contribution in [3.05, 3.63) is 115 Å². The summed E-state index contributed by atoms with van der Waals surface area (Å²) in [4.78, 5) is 9.70. The van der Waals surface area contributed by atoms with Gasteiger partial charge in [-0.3, -0.25) is 4.98 Å². The molecular formula is C30H19N3. The van der Waals surface area contributed by atoms with E-state index in [2.05, 4.69) is 100 Å². The summed E-state index contributed by atoms with van der Waals surface area (Å²) in [6.45, 7) is 0. The molecule has 0 saturated carbocycles. The molecule has 3 heteroatoms. The summed E-state index contributed by atoms with van der Waals surface area (Å²) >= 11 is 0. The summed E-state index contributed by atoms with van der Waals surface area (Å²) in [6.07, 6.45) is 1.95. The normalized spacial score (nSPS) is 11.6. The fourth-order valence-electron chi connectivity index (χ4n) is 4.78. The fraction of sp³-hybridized carbons (Fsp3) is 0. The van der Waals surface area contributed by atoms with Gasteiger partial charge in [0.1, 0.15) is 0 Å². The summed E-state index contributed by atoms with van der Waals surface area (Å²) in [6, 6.07) is 38.2. The highest BCUT2D eigenvalue weighted by molar-refractivity contribution is 5.98. The van der Waals surface area contributed by atoms with Gasteiger partial charge in [-0.05, 0) is 42.0 Å². The first-order chi connectivity index (χ1) is 16.3. The molecular weight excluding hydrogens is 402 g/mol. The van der Waals surface area contributed by atoms with Gasteiger partial charge in [-0.25, -0.2) is 4.98 Å². The van der Waals surface area contributed by atoms with Gasteiger partial charge in [-0.1, -0.05) is 72.8 Å². The maximum Gasteiger partial charge on any atom is 0.0950 e. The van der Waals surface area contributed by atoms with E-state index in [0.717, 1.165) is 49.8 Å². The average molecular weight is 422 g/mol. The Morgan fingerprint density at radius 3 is 2.00 bits per heavy atom. The number of rotatable bonds is 2. The molecule has 0 aliphatic rings. The number of aromatic nitrogens is 3. The van der Waals surface area contributed by atoms with Crippen molar-refractivity contribution in [2.24, 2.45) is 0 Å². The summed E-state index contributed by atoms with van der Waals surface area (Å²) < 4.78 is 2.33. The van der Waals surface area contributed by atoms with Crippen LogP contribution in [0.25, 0.3) is 60.7 Å². The largest absolute Gasteiger partial charge is 0.306 e. The van der Waals surface area contributed by atoms with Crippen molar-refractivity contribution in [2.75, 3.05) is 0 Å². The summed E-state index contributed by atoms with van der Waals surface area (Å²) in [5.41, 5.74) is 9.81. The van der Waals surface area contributed by atoms with Crippen LogP contribution in [0.4, 0.5) is 0 Å². The highest BCUT2D eigenvalue weighted by Gasteiger charge is 2.14. The van der Waals surface area contributed by atoms with Gasteiger partial charge >= 0.3 is 0 Å². The van der Waals surface area contributed by atoms with Crippen LogP contribution in [0.3, 0.4) is 0 Å². The molecule has 0 aliphatic heterocycles. The minimum atomic E-state index is 0.990. The van der Waals surface area contributed by atoms with Gasteiger partial charge in [0.15, 0.2) is 0 Å². The predicted molar refractivity (Wildman–Crippen MR) is 136 cm³/mol. The van der Waals surface area contributed by atoms with E-state index in [1.807, 2.05) is 24.4 Å². The van der Waals surface area contributed by atoms with E-state index in [-0.39, 0.29) is 0 Å². The van der Waals surface area contributed by atoms with Crippen LogP contribution in [0, 0.1) is 0 Å². The number of nitrogens with zero attached hydrogens (tertiary/aromatic N) is 3. The van der Waals surface area contributed by atoms with E-state index in [0.29, 0.717) is 0 Å². The Bertz CT molecular complexity index is 1810. The molecule has 7 rings (SSSR count). The van der Waals surface area contributed by atoms with Crippen molar-refractivity contribution in [1.82, 2.24) is 14.4 Å². The first-order valence-electron chi connectivity index (χ1n) is 11.1. The number of hydrogen-bond acceptors (Lipinski definition) is 2. The van der Waals surface area contributed by atoms with Crippen molar-refractivity contribution in [1.29, 1.82) is 0 Å². The Balaban J connectivity index is 1.42. The zero-order chi connectivity index (χ0) is 21.8. The Hall–Kier alpha value is -4.50. The molecule has 0 bridgehead atoms. The number of pyridine rings is 1. The van der Waals surface area contributed by atoms with Gasteiger partial charge < -0.3 is 4.40 Å². The van der Waals surface area contributed by atoms with Crippen LogP contribution >= 0.6 is 0 Å². The van der Waals surface area contributed by atoms with E-state index in [1.54, 1.807) is 0 Å². The summed E-state index contributed by atoms with van der Waals surface area (Å²) in [5, 5.41) is 2.37. The number of fused-ring (bicyclic) bond motifs is 6. The predicted octanol–water partition coefficient (Wildman–Crippen LogP) is 7.52. The highest BCUT2D eigenvalue weighted by Crippen LogP contribution is 2.33. The third-order valence-electron chi connectivity index (χ3n) is 6.39. The molecule has 0 saturated heterocycles. The summed E-state index contributed by atoms with van der Waals surface area (Å²) in [5.74, 6) is 0. The molecule has 0 amide bonds. The fourth-order valence-corrected chi connectivity index (χ4v) is 4.78. The molecule has 0 spiro atoms. The first-order valence-corrected chi connectivity index (χ1v) is 11.1. The Labute approximate surface area is 190 Å². The average Bonchev–Trinajstić information content (AvgIpc) is 3.28. The van der Waals surface area contributed by atoms with Crippen LogP contribution in [0.15, 0.2) is 115 Å². The molecule has 3 heterocycles. The zero-order valence-electron chi connectivity index (χ0n) is 17.8. The summed E-state index contributed by atoms with van der Waals surface area (Å²) in [7, 11) is 0. The molecule has 154 valence electrons. The molecule has 0 radical (unpaired) electrons. The monoisotopic (exact) mass is 421 g/mol. The number of hydrogen-bond donors (Lipinski definition) is 0. The molecule has 33 heavy (non-hydrogen) atoms. The van der Waals surface area contributed by atoms with Crippen molar-refractivity contribution in [3.8, 4) is 22.4 Å². The quantitative estimate of drug-likeness (QED) is 0.289. The zero-order valence-corrected chi connectivity index (χ0v) is 17.8. The minimum absolute atomic E-state index is 0.990. The minimum Gasteiger partial charge on any atom is -0.306 e. The highest BCUT2D eigenvalue weighted by atomic mass is 14.9. The Kier molecular flexibility index (Phi) is 3.84. The van der Waals surface area contributed by atoms with Crippen molar-refractivity contribution in [2.45, 2.75) is 0 Å². The Morgan fingerprint density at radius 1 is 0.485 bits per heavy atom. The van der Waals surface area contributed by atoms with Gasteiger partial charge in [0, 0.05) is 28.1 Å². The topological polar surface area (TPSA) is 30.2 Å². The molecule has 0 fully saturated rings. The number of benzene rings is 4. The van der Waals surface area contributed by atoms with Crippen molar-refractivity contribution in [3.63, 3.8) is 0 Å². The van der Waals surface area contributed by atoms with Crippen LogP contribution in [-0.4, -0.2) is 14.4 Å².